The molecule has 1 aromatic heterocycles. The molecule has 0 aliphatic carbocycles. The molecule has 0 saturated carbocycles. The van der Waals surface area contributed by atoms with Crippen molar-refractivity contribution >= 4 is 16.9 Å². The van der Waals surface area contributed by atoms with Crippen molar-refractivity contribution in [3.63, 3.8) is 0 Å². The van der Waals surface area contributed by atoms with Gasteiger partial charge in [0.25, 0.3) is 0 Å². The van der Waals surface area contributed by atoms with Crippen molar-refractivity contribution in [3.05, 3.63) is 77.5 Å². The molecule has 0 saturated heterocycles. The van der Waals surface area contributed by atoms with Gasteiger partial charge < -0.3 is 5.11 Å². The Morgan fingerprint density at radius 1 is 1.00 bits per heavy atom. The Labute approximate surface area is 116 Å². The molecular formula is C17H13NO2. The Balaban J connectivity index is 2.15. The van der Waals surface area contributed by atoms with Gasteiger partial charge in [0.05, 0.1) is 11.1 Å². The number of rotatable bonds is 3. The van der Waals surface area contributed by atoms with Crippen LogP contribution in [0.25, 0.3) is 10.9 Å². The lowest BCUT2D eigenvalue weighted by Crippen LogP contribution is -2.05. The standard InChI is InChI=1S/C17H13NO2/c19-17(20)15-14(11-12-5-2-1-3-6-12)9-8-13-7-4-10-18-16(13)15/h1-10H,11H2,(H,19,20). The van der Waals surface area contributed by atoms with Gasteiger partial charge >= 0.3 is 5.97 Å². The SMILES string of the molecule is O=C(O)c1c(Cc2ccccc2)ccc2cccnc12. The molecule has 3 rings (SSSR count). The predicted molar refractivity (Wildman–Crippen MR) is 78.0 cm³/mol. The van der Waals surface area contributed by atoms with Gasteiger partial charge in [-0.2, -0.15) is 0 Å². The van der Waals surface area contributed by atoms with Crippen LogP contribution in [-0.4, -0.2) is 16.1 Å². The largest absolute Gasteiger partial charge is 0.478 e. The summed E-state index contributed by atoms with van der Waals surface area (Å²) in [6.07, 6.45) is 2.22. The lowest BCUT2D eigenvalue weighted by atomic mass is 9.97. The molecule has 0 aliphatic heterocycles. The number of benzene rings is 2. The minimum atomic E-state index is -0.930. The minimum Gasteiger partial charge on any atom is -0.478 e. The van der Waals surface area contributed by atoms with Gasteiger partial charge in [0.2, 0.25) is 0 Å². The summed E-state index contributed by atoms with van der Waals surface area (Å²) in [5.41, 5.74) is 2.72. The second-order valence-electron chi connectivity index (χ2n) is 4.64. The highest BCUT2D eigenvalue weighted by Gasteiger charge is 2.15. The van der Waals surface area contributed by atoms with Crippen LogP contribution in [-0.2, 0) is 6.42 Å². The number of carbonyl (C=O) groups is 1. The third-order valence-electron chi connectivity index (χ3n) is 3.31. The van der Waals surface area contributed by atoms with Gasteiger partial charge in [-0.15, -0.1) is 0 Å². The monoisotopic (exact) mass is 263 g/mol. The van der Waals surface area contributed by atoms with Crippen molar-refractivity contribution in [1.29, 1.82) is 0 Å². The summed E-state index contributed by atoms with van der Waals surface area (Å²) < 4.78 is 0. The topological polar surface area (TPSA) is 50.2 Å². The maximum absolute atomic E-state index is 11.6. The zero-order valence-electron chi connectivity index (χ0n) is 10.8. The van der Waals surface area contributed by atoms with Crippen molar-refractivity contribution in [3.8, 4) is 0 Å². The summed E-state index contributed by atoms with van der Waals surface area (Å²) in [5.74, 6) is -0.930. The number of hydrogen-bond donors (Lipinski definition) is 1. The molecule has 1 N–H and O–H groups in total. The highest BCUT2D eigenvalue weighted by Crippen LogP contribution is 2.23. The van der Waals surface area contributed by atoms with Crippen LogP contribution in [0.15, 0.2) is 60.8 Å². The fourth-order valence-corrected chi connectivity index (χ4v) is 2.39. The van der Waals surface area contributed by atoms with E-state index in [1.165, 1.54) is 0 Å². The Hall–Kier alpha value is -2.68. The number of hydrogen-bond acceptors (Lipinski definition) is 2. The van der Waals surface area contributed by atoms with E-state index in [-0.39, 0.29) is 0 Å². The Morgan fingerprint density at radius 2 is 1.80 bits per heavy atom. The third kappa shape index (κ3) is 2.26. The summed E-state index contributed by atoms with van der Waals surface area (Å²) in [6.45, 7) is 0. The first kappa shape index (κ1) is 12.4. The molecule has 20 heavy (non-hydrogen) atoms. The average Bonchev–Trinajstić information content (AvgIpc) is 2.47. The fraction of sp³-hybridized carbons (Fsp3) is 0.0588. The van der Waals surface area contributed by atoms with E-state index in [2.05, 4.69) is 4.98 Å². The smallest absolute Gasteiger partial charge is 0.338 e. The Morgan fingerprint density at radius 3 is 2.55 bits per heavy atom. The maximum Gasteiger partial charge on any atom is 0.338 e. The van der Waals surface area contributed by atoms with Crippen molar-refractivity contribution < 1.29 is 9.90 Å². The Bertz CT molecular complexity index is 766. The van der Waals surface area contributed by atoms with Crippen molar-refractivity contribution in [2.75, 3.05) is 0 Å². The first-order valence-corrected chi connectivity index (χ1v) is 6.39. The highest BCUT2D eigenvalue weighted by atomic mass is 16.4. The third-order valence-corrected chi connectivity index (χ3v) is 3.31. The average molecular weight is 263 g/mol. The molecule has 0 bridgehead atoms. The van der Waals surface area contributed by atoms with Gasteiger partial charge in [-0.25, -0.2) is 4.79 Å². The van der Waals surface area contributed by atoms with Gasteiger partial charge in [-0.1, -0.05) is 48.5 Å². The normalized spacial score (nSPS) is 10.6. The van der Waals surface area contributed by atoms with E-state index >= 15 is 0 Å². The zero-order chi connectivity index (χ0) is 13.9. The lowest BCUT2D eigenvalue weighted by molar-refractivity contribution is 0.0698. The summed E-state index contributed by atoms with van der Waals surface area (Å²) >= 11 is 0. The van der Waals surface area contributed by atoms with Crippen molar-refractivity contribution in [1.82, 2.24) is 4.98 Å². The molecule has 0 atom stereocenters. The van der Waals surface area contributed by atoms with E-state index in [1.54, 1.807) is 6.20 Å². The molecule has 0 radical (unpaired) electrons. The number of nitrogens with zero attached hydrogens (tertiary/aromatic N) is 1. The minimum absolute atomic E-state index is 0.298. The highest BCUT2D eigenvalue weighted by molar-refractivity contribution is 6.03. The lowest BCUT2D eigenvalue weighted by Gasteiger charge is -2.09. The molecule has 3 aromatic rings. The van der Waals surface area contributed by atoms with E-state index < -0.39 is 5.97 Å². The van der Waals surface area contributed by atoms with E-state index in [9.17, 15) is 9.90 Å². The summed E-state index contributed by atoms with van der Waals surface area (Å²) in [4.78, 5) is 15.8. The molecule has 3 nitrogen and oxygen atoms in total. The van der Waals surface area contributed by atoms with Gasteiger partial charge in [-0.05, 0) is 23.6 Å². The van der Waals surface area contributed by atoms with Crippen LogP contribution in [0.3, 0.4) is 0 Å². The van der Waals surface area contributed by atoms with E-state index in [0.29, 0.717) is 17.5 Å². The van der Waals surface area contributed by atoms with Gasteiger partial charge in [0.15, 0.2) is 0 Å². The molecule has 0 aliphatic rings. The number of carboxylic acid groups (broad SMARTS) is 1. The molecule has 98 valence electrons. The first-order chi connectivity index (χ1) is 9.75. The van der Waals surface area contributed by atoms with E-state index in [0.717, 1.165) is 16.5 Å². The van der Waals surface area contributed by atoms with Crippen molar-refractivity contribution in [2.45, 2.75) is 6.42 Å². The molecule has 0 amide bonds. The number of fused-ring (bicyclic) bond motifs is 1. The summed E-state index contributed by atoms with van der Waals surface area (Å²) in [5, 5.41) is 10.4. The number of aromatic nitrogens is 1. The van der Waals surface area contributed by atoms with Crippen LogP contribution >= 0.6 is 0 Å². The van der Waals surface area contributed by atoms with E-state index in [1.807, 2.05) is 54.6 Å². The van der Waals surface area contributed by atoms with Crippen LogP contribution in [0.4, 0.5) is 0 Å². The summed E-state index contributed by atoms with van der Waals surface area (Å²) in [7, 11) is 0. The van der Waals surface area contributed by atoms with Gasteiger partial charge in [0, 0.05) is 11.6 Å². The second-order valence-corrected chi connectivity index (χ2v) is 4.64. The first-order valence-electron chi connectivity index (χ1n) is 6.39. The quantitative estimate of drug-likeness (QED) is 0.786. The molecule has 2 aromatic carbocycles. The molecular weight excluding hydrogens is 250 g/mol. The van der Waals surface area contributed by atoms with Crippen LogP contribution in [0.2, 0.25) is 0 Å². The van der Waals surface area contributed by atoms with Crippen molar-refractivity contribution in [2.24, 2.45) is 0 Å². The molecule has 3 heteroatoms. The maximum atomic E-state index is 11.6. The second kappa shape index (κ2) is 5.13. The van der Waals surface area contributed by atoms with Gasteiger partial charge in [-0.3, -0.25) is 4.98 Å². The van der Waals surface area contributed by atoms with Crippen LogP contribution in [0.5, 0.6) is 0 Å². The molecule has 0 spiro atoms. The van der Waals surface area contributed by atoms with Crippen LogP contribution in [0.1, 0.15) is 21.5 Å². The van der Waals surface area contributed by atoms with Crippen LogP contribution < -0.4 is 0 Å². The predicted octanol–water partition coefficient (Wildman–Crippen LogP) is 3.52. The molecule has 0 unspecified atom stereocenters. The van der Waals surface area contributed by atoms with Gasteiger partial charge in [0.1, 0.15) is 0 Å². The van der Waals surface area contributed by atoms with E-state index in [4.69, 9.17) is 0 Å². The Kier molecular flexibility index (Phi) is 3.17. The van der Waals surface area contributed by atoms with Crippen LogP contribution in [0, 0.1) is 0 Å². The number of aromatic carboxylic acids is 1. The molecule has 1 heterocycles. The molecule has 0 fully saturated rings. The number of carboxylic acids is 1. The zero-order valence-corrected chi connectivity index (χ0v) is 10.8. The summed E-state index contributed by atoms with van der Waals surface area (Å²) in [6, 6.07) is 17.3. The fourth-order valence-electron chi connectivity index (χ4n) is 2.39. The number of pyridine rings is 1.